The summed E-state index contributed by atoms with van der Waals surface area (Å²) in [5.41, 5.74) is 2.60. The highest BCUT2D eigenvalue weighted by Gasteiger charge is 2.16. The summed E-state index contributed by atoms with van der Waals surface area (Å²) in [5.74, 6) is 7.80. The smallest absolute Gasteiger partial charge is 0.145 e. The van der Waals surface area contributed by atoms with Crippen molar-refractivity contribution < 1.29 is 4.74 Å². The number of hydrazine groups is 1. The van der Waals surface area contributed by atoms with E-state index in [1.54, 1.807) is 7.11 Å². The van der Waals surface area contributed by atoms with Gasteiger partial charge in [0.2, 0.25) is 0 Å². The van der Waals surface area contributed by atoms with Gasteiger partial charge in [-0.2, -0.15) is 0 Å². The van der Waals surface area contributed by atoms with Crippen LogP contribution in [0, 0.1) is 0 Å². The Bertz CT molecular complexity index is 363. The first-order valence-electron chi connectivity index (χ1n) is 6.76. The molecular weight excluding hydrogens is 242 g/mol. The molecule has 19 heavy (non-hydrogen) atoms. The molecule has 0 saturated carbocycles. The molecule has 0 aromatic carbocycles. The van der Waals surface area contributed by atoms with Crippen molar-refractivity contribution in [1.29, 1.82) is 0 Å². The van der Waals surface area contributed by atoms with Gasteiger partial charge in [-0.25, -0.2) is 15.8 Å². The van der Waals surface area contributed by atoms with Gasteiger partial charge in [0, 0.05) is 32.2 Å². The molecule has 0 radical (unpaired) electrons. The van der Waals surface area contributed by atoms with Crippen molar-refractivity contribution in [3.05, 3.63) is 11.9 Å². The summed E-state index contributed by atoms with van der Waals surface area (Å²) in [5, 5.41) is 0. The fourth-order valence-corrected chi connectivity index (χ4v) is 1.83. The largest absolute Gasteiger partial charge is 0.383 e. The van der Waals surface area contributed by atoms with E-state index < -0.39 is 0 Å². The van der Waals surface area contributed by atoms with Crippen LogP contribution >= 0.6 is 0 Å². The molecule has 1 unspecified atom stereocenters. The first-order chi connectivity index (χ1) is 9.15. The van der Waals surface area contributed by atoms with E-state index >= 15 is 0 Å². The highest BCUT2D eigenvalue weighted by molar-refractivity contribution is 5.49. The lowest BCUT2D eigenvalue weighted by Gasteiger charge is -2.30. The molecule has 1 rings (SSSR count). The van der Waals surface area contributed by atoms with Gasteiger partial charge in [0.1, 0.15) is 17.5 Å². The second-order valence-corrected chi connectivity index (χ2v) is 4.47. The lowest BCUT2D eigenvalue weighted by atomic mass is 10.2. The van der Waals surface area contributed by atoms with Gasteiger partial charge in [0.15, 0.2) is 0 Å². The molecule has 0 fully saturated rings. The SMILES string of the molecule is CCc1nc(NN)cc(N(CCOC)C(C)CC)n1. The number of ether oxygens (including phenoxy) is 1. The van der Waals surface area contributed by atoms with Crippen LogP contribution in [0.1, 0.15) is 33.0 Å². The Hall–Kier alpha value is -1.40. The molecule has 0 saturated heterocycles. The van der Waals surface area contributed by atoms with Gasteiger partial charge in [-0.05, 0) is 13.3 Å². The van der Waals surface area contributed by atoms with Crippen molar-refractivity contribution >= 4 is 11.6 Å². The number of aryl methyl sites for hydroxylation is 1. The van der Waals surface area contributed by atoms with Crippen molar-refractivity contribution in [2.45, 2.75) is 39.7 Å². The highest BCUT2D eigenvalue weighted by atomic mass is 16.5. The number of hydrogen-bond donors (Lipinski definition) is 2. The number of methoxy groups -OCH3 is 1. The van der Waals surface area contributed by atoms with Crippen LogP contribution in [0.3, 0.4) is 0 Å². The summed E-state index contributed by atoms with van der Waals surface area (Å²) >= 11 is 0. The zero-order valence-electron chi connectivity index (χ0n) is 12.3. The van der Waals surface area contributed by atoms with Crippen molar-refractivity contribution in [3.8, 4) is 0 Å². The van der Waals surface area contributed by atoms with Crippen LogP contribution in [-0.2, 0) is 11.2 Å². The van der Waals surface area contributed by atoms with Crippen LogP contribution in [0.5, 0.6) is 0 Å². The molecule has 1 aromatic heterocycles. The second-order valence-electron chi connectivity index (χ2n) is 4.47. The lowest BCUT2D eigenvalue weighted by Crippen LogP contribution is -2.36. The van der Waals surface area contributed by atoms with Gasteiger partial charge >= 0.3 is 0 Å². The van der Waals surface area contributed by atoms with E-state index in [0.29, 0.717) is 18.5 Å². The van der Waals surface area contributed by atoms with Gasteiger partial charge in [-0.1, -0.05) is 13.8 Å². The number of nitrogen functional groups attached to an aromatic ring is 1. The van der Waals surface area contributed by atoms with Crippen LogP contribution in [0.2, 0.25) is 0 Å². The zero-order valence-corrected chi connectivity index (χ0v) is 12.3. The average Bonchev–Trinajstić information content (AvgIpc) is 2.46. The summed E-state index contributed by atoms with van der Waals surface area (Å²) < 4.78 is 5.18. The predicted molar refractivity (Wildman–Crippen MR) is 78.2 cm³/mol. The third-order valence-corrected chi connectivity index (χ3v) is 3.18. The van der Waals surface area contributed by atoms with Crippen LogP contribution in [0.4, 0.5) is 11.6 Å². The minimum absolute atomic E-state index is 0.389. The number of nitrogens with two attached hydrogens (primary N) is 1. The van der Waals surface area contributed by atoms with Crippen LogP contribution in [0.15, 0.2) is 6.07 Å². The van der Waals surface area contributed by atoms with Crippen molar-refractivity contribution in [3.63, 3.8) is 0 Å². The quantitative estimate of drug-likeness (QED) is 0.550. The standard InChI is InChI=1S/C13H25N5O/c1-5-10(3)18(7-8-19-4)13-9-12(17-14)15-11(6-2)16-13/h9-10H,5-8,14H2,1-4H3,(H,15,16,17). The number of aromatic nitrogens is 2. The molecule has 1 heterocycles. The van der Waals surface area contributed by atoms with E-state index in [1.807, 2.05) is 13.0 Å². The van der Waals surface area contributed by atoms with E-state index in [4.69, 9.17) is 10.6 Å². The molecule has 0 aliphatic heterocycles. The first kappa shape index (κ1) is 15.7. The number of nitrogens with zero attached hydrogens (tertiary/aromatic N) is 3. The molecule has 0 spiro atoms. The number of anilines is 2. The number of nitrogens with one attached hydrogen (secondary N) is 1. The third kappa shape index (κ3) is 4.33. The molecule has 3 N–H and O–H groups in total. The maximum Gasteiger partial charge on any atom is 0.145 e. The Kier molecular flexibility index (Phi) is 6.52. The van der Waals surface area contributed by atoms with Crippen molar-refractivity contribution in [1.82, 2.24) is 9.97 Å². The maximum atomic E-state index is 5.47. The third-order valence-electron chi connectivity index (χ3n) is 3.18. The predicted octanol–water partition coefficient (Wildman–Crippen LogP) is 1.58. The van der Waals surface area contributed by atoms with Crippen molar-refractivity contribution in [2.24, 2.45) is 5.84 Å². The number of hydrogen-bond acceptors (Lipinski definition) is 6. The van der Waals surface area contributed by atoms with Crippen molar-refractivity contribution in [2.75, 3.05) is 30.6 Å². The minimum atomic E-state index is 0.389. The highest BCUT2D eigenvalue weighted by Crippen LogP contribution is 2.19. The topological polar surface area (TPSA) is 76.3 Å². The lowest BCUT2D eigenvalue weighted by molar-refractivity contribution is 0.203. The Labute approximate surface area is 115 Å². The van der Waals surface area contributed by atoms with Gasteiger partial charge in [-0.15, -0.1) is 0 Å². The number of rotatable bonds is 8. The molecule has 0 bridgehead atoms. The molecule has 1 atom stereocenters. The molecule has 0 amide bonds. The van der Waals surface area contributed by atoms with Gasteiger partial charge in [0.05, 0.1) is 6.61 Å². The van der Waals surface area contributed by atoms with Crippen LogP contribution < -0.4 is 16.2 Å². The van der Waals surface area contributed by atoms with Gasteiger partial charge < -0.3 is 15.1 Å². The monoisotopic (exact) mass is 267 g/mol. The second kappa shape index (κ2) is 7.91. The molecule has 6 heteroatoms. The Morgan fingerprint density at radius 2 is 2.16 bits per heavy atom. The van der Waals surface area contributed by atoms with Crippen LogP contribution in [0.25, 0.3) is 0 Å². The molecule has 0 aliphatic rings. The summed E-state index contributed by atoms with van der Waals surface area (Å²) in [7, 11) is 1.71. The summed E-state index contributed by atoms with van der Waals surface area (Å²) in [6.07, 6.45) is 1.82. The Balaban J connectivity index is 3.05. The minimum Gasteiger partial charge on any atom is -0.383 e. The molecule has 108 valence electrons. The molecule has 6 nitrogen and oxygen atoms in total. The Morgan fingerprint density at radius 3 is 2.68 bits per heavy atom. The fourth-order valence-electron chi connectivity index (χ4n) is 1.83. The first-order valence-corrected chi connectivity index (χ1v) is 6.76. The van der Waals surface area contributed by atoms with E-state index in [0.717, 1.165) is 31.0 Å². The maximum absolute atomic E-state index is 5.47. The zero-order chi connectivity index (χ0) is 14.3. The van der Waals surface area contributed by atoms with E-state index in [-0.39, 0.29) is 0 Å². The van der Waals surface area contributed by atoms with E-state index in [2.05, 4.69) is 34.1 Å². The van der Waals surface area contributed by atoms with Crippen LogP contribution in [-0.4, -0.2) is 36.3 Å². The molecular formula is C13H25N5O. The summed E-state index contributed by atoms with van der Waals surface area (Å²) in [6, 6.07) is 2.27. The van der Waals surface area contributed by atoms with E-state index in [1.165, 1.54) is 0 Å². The molecule has 0 aliphatic carbocycles. The Morgan fingerprint density at radius 1 is 1.42 bits per heavy atom. The van der Waals surface area contributed by atoms with E-state index in [9.17, 15) is 0 Å². The van der Waals surface area contributed by atoms with Gasteiger partial charge in [0.25, 0.3) is 0 Å². The molecule has 1 aromatic rings. The van der Waals surface area contributed by atoms with Gasteiger partial charge in [-0.3, -0.25) is 0 Å². The average molecular weight is 267 g/mol. The summed E-state index contributed by atoms with van der Waals surface area (Å²) in [4.78, 5) is 11.1. The fraction of sp³-hybridized carbons (Fsp3) is 0.692. The normalized spacial score (nSPS) is 12.3. The summed E-state index contributed by atoms with van der Waals surface area (Å²) in [6.45, 7) is 7.84.